The number of hydrogen-bond acceptors (Lipinski definition) is 5. The maximum absolute atomic E-state index is 12.8. The average Bonchev–Trinajstić information content (AvgIpc) is 3.18. The van der Waals surface area contributed by atoms with Crippen molar-refractivity contribution in [1.82, 2.24) is 24.6 Å². The van der Waals surface area contributed by atoms with Crippen LogP contribution in [0.15, 0.2) is 41.1 Å². The third-order valence-electron chi connectivity index (χ3n) is 4.35. The van der Waals surface area contributed by atoms with Crippen LogP contribution in [0.5, 0.6) is 0 Å². The highest BCUT2D eigenvalue weighted by Gasteiger charge is 2.35. The van der Waals surface area contributed by atoms with E-state index in [2.05, 4.69) is 15.2 Å². The number of benzene rings is 1. The summed E-state index contributed by atoms with van der Waals surface area (Å²) in [5.74, 6) is 2.05. The van der Waals surface area contributed by atoms with Gasteiger partial charge in [0.2, 0.25) is 5.91 Å². The smallest absolute Gasteiger partial charge is 0.246 e. The fourth-order valence-corrected chi connectivity index (χ4v) is 3.11. The van der Waals surface area contributed by atoms with Crippen molar-refractivity contribution in [2.75, 3.05) is 7.05 Å². The fourth-order valence-electron chi connectivity index (χ4n) is 3.11. The Hall–Kier alpha value is -2.96. The molecule has 0 saturated carbocycles. The van der Waals surface area contributed by atoms with Crippen molar-refractivity contribution in [2.24, 2.45) is 0 Å². The highest BCUT2D eigenvalue weighted by molar-refractivity contribution is 5.82. The molecule has 3 heterocycles. The monoisotopic (exact) mass is 323 g/mol. The second kappa shape index (κ2) is 5.59. The minimum atomic E-state index is -0.387. The highest BCUT2D eigenvalue weighted by Crippen LogP contribution is 2.30. The first-order valence-electron chi connectivity index (χ1n) is 7.78. The van der Waals surface area contributed by atoms with Crippen molar-refractivity contribution in [1.29, 1.82) is 0 Å². The summed E-state index contributed by atoms with van der Waals surface area (Å²) in [6, 6.07) is 9.57. The van der Waals surface area contributed by atoms with Crippen LogP contribution in [0, 0.1) is 6.92 Å². The third-order valence-corrected chi connectivity index (χ3v) is 4.35. The molecule has 3 aromatic rings. The summed E-state index contributed by atoms with van der Waals surface area (Å²) in [5, 5.41) is 8.54. The van der Waals surface area contributed by atoms with E-state index in [1.165, 1.54) is 6.39 Å². The van der Waals surface area contributed by atoms with Crippen molar-refractivity contribution >= 4 is 5.91 Å². The molecule has 7 nitrogen and oxygen atoms in total. The van der Waals surface area contributed by atoms with Gasteiger partial charge in [-0.05, 0) is 12.5 Å². The molecular formula is C17H17N5O2. The molecule has 0 unspecified atom stereocenters. The lowest BCUT2D eigenvalue weighted by Crippen LogP contribution is -2.41. The Balaban J connectivity index is 1.82. The van der Waals surface area contributed by atoms with Gasteiger partial charge < -0.3 is 9.32 Å². The predicted octanol–water partition coefficient (Wildman–Crippen LogP) is 2.00. The Morgan fingerprint density at radius 1 is 1.25 bits per heavy atom. The van der Waals surface area contributed by atoms with E-state index in [1.54, 1.807) is 11.9 Å². The first-order valence-corrected chi connectivity index (χ1v) is 7.78. The zero-order chi connectivity index (χ0) is 16.7. The van der Waals surface area contributed by atoms with Gasteiger partial charge in [0, 0.05) is 13.5 Å². The van der Waals surface area contributed by atoms with Crippen LogP contribution in [-0.4, -0.2) is 37.6 Å². The zero-order valence-electron chi connectivity index (χ0n) is 13.5. The normalized spacial score (nSPS) is 17.2. The minimum absolute atomic E-state index is 0.0496. The lowest BCUT2D eigenvalue weighted by molar-refractivity contribution is -0.135. The van der Waals surface area contributed by atoms with Gasteiger partial charge in [0.05, 0.1) is 6.54 Å². The van der Waals surface area contributed by atoms with Crippen LogP contribution in [0.4, 0.5) is 0 Å². The van der Waals surface area contributed by atoms with Crippen LogP contribution in [0.25, 0.3) is 11.5 Å². The molecule has 7 heteroatoms. The van der Waals surface area contributed by atoms with E-state index in [1.807, 2.05) is 41.8 Å². The maximum Gasteiger partial charge on any atom is 0.246 e. The number of oxazole rings is 1. The van der Waals surface area contributed by atoms with Crippen LogP contribution in [0.1, 0.15) is 23.2 Å². The van der Waals surface area contributed by atoms with Gasteiger partial charge in [-0.25, -0.2) is 4.98 Å². The second-order valence-corrected chi connectivity index (χ2v) is 5.97. The van der Waals surface area contributed by atoms with E-state index < -0.39 is 0 Å². The SMILES string of the molecule is Cc1ocnc1-c1nnc2n1[C@H](Cc1ccccc1)C(=O)N(C)C2. The molecule has 0 spiro atoms. The Bertz CT molecular complexity index is 884. The second-order valence-electron chi connectivity index (χ2n) is 5.97. The molecule has 1 atom stereocenters. The van der Waals surface area contributed by atoms with E-state index >= 15 is 0 Å². The van der Waals surface area contributed by atoms with Gasteiger partial charge in [-0.3, -0.25) is 9.36 Å². The molecule has 0 bridgehead atoms. The van der Waals surface area contributed by atoms with E-state index in [0.717, 1.165) is 11.4 Å². The van der Waals surface area contributed by atoms with Crippen LogP contribution >= 0.6 is 0 Å². The van der Waals surface area contributed by atoms with Gasteiger partial charge in [-0.1, -0.05) is 30.3 Å². The van der Waals surface area contributed by atoms with Crippen molar-refractivity contribution in [3.63, 3.8) is 0 Å². The number of rotatable bonds is 3. The minimum Gasteiger partial charge on any atom is -0.448 e. The van der Waals surface area contributed by atoms with Crippen molar-refractivity contribution in [3.8, 4) is 11.5 Å². The summed E-state index contributed by atoms with van der Waals surface area (Å²) in [6.07, 6.45) is 1.97. The molecule has 24 heavy (non-hydrogen) atoms. The number of carbonyl (C=O) groups excluding carboxylic acids is 1. The lowest BCUT2D eigenvalue weighted by Gasteiger charge is -2.31. The molecule has 2 aromatic heterocycles. The number of nitrogens with zero attached hydrogens (tertiary/aromatic N) is 5. The number of hydrogen-bond donors (Lipinski definition) is 0. The Kier molecular flexibility index (Phi) is 3.41. The molecule has 0 fully saturated rings. The molecule has 1 amide bonds. The Morgan fingerprint density at radius 3 is 2.75 bits per heavy atom. The molecule has 0 saturated heterocycles. The molecule has 122 valence electrons. The van der Waals surface area contributed by atoms with E-state index in [4.69, 9.17) is 4.42 Å². The zero-order valence-corrected chi connectivity index (χ0v) is 13.5. The highest BCUT2D eigenvalue weighted by atomic mass is 16.3. The lowest BCUT2D eigenvalue weighted by atomic mass is 10.0. The van der Waals surface area contributed by atoms with Gasteiger partial charge in [0.1, 0.15) is 17.5 Å². The number of amides is 1. The van der Waals surface area contributed by atoms with Gasteiger partial charge in [-0.15, -0.1) is 10.2 Å². The standard InChI is InChI=1S/C17H17N5O2/c1-11-15(18-10-24-11)16-20-19-14-9-21(2)17(23)13(22(14)16)8-12-6-4-3-5-7-12/h3-7,10,13H,8-9H2,1-2H3/t13-/m1/s1. The fraction of sp³-hybridized carbons (Fsp3) is 0.294. The number of aromatic nitrogens is 4. The first-order chi connectivity index (χ1) is 11.6. The first kappa shape index (κ1) is 14.6. The van der Waals surface area contributed by atoms with Crippen molar-refractivity contribution in [2.45, 2.75) is 25.9 Å². The Labute approximate surface area is 138 Å². The van der Waals surface area contributed by atoms with Gasteiger partial charge >= 0.3 is 0 Å². The van der Waals surface area contributed by atoms with Crippen LogP contribution in [0.3, 0.4) is 0 Å². The molecule has 1 aliphatic heterocycles. The van der Waals surface area contributed by atoms with E-state index in [-0.39, 0.29) is 11.9 Å². The summed E-state index contributed by atoms with van der Waals surface area (Å²) >= 11 is 0. The molecule has 1 aliphatic rings. The summed E-state index contributed by atoms with van der Waals surface area (Å²) in [5.41, 5.74) is 1.72. The molecule has 1 aromatic carbocycles. The van der Waals surface area contributed by atoms with Crippen LogP contribution in [-0.2, 0) is 17.8 Å². The predicted molar refractivity (Wildman–Crippen MR) is 85.9 cm³/mol. The van der Waals surface area contributed by atoms with E-state index in [9.17, 15) is 4.79 Å². The number of aryl methyl sites for hydroxylation is 1. The average molecular weight is 323 g/mol. The number of fused-ring (bicyclic) bond motifs is 1. The largest absolute Gasteiger partial charge is 0.448 e. The summed E-state index contributed by atoms with van der Waals surface area (Å²) < 4.78 is 7.20. The van der Waals surface area contributed by atoms with Crippen molar-refractivity contribution < 1.29 is 9.21 Å². The Morgan fingerprint density at radius 2 is 2.04 bits per heavy atom. The summed E-state index contributed by atoms with van der Waals surface area (Å²) in [6.45, 7) is 2.26. The molecular weight excluding hydrogens is 306 g/mol. The van der Waals surface area contributed by atoms with Gasteiger partial charge in [0.25, 0.3) is 0 Å². The maximum atomic E-state index is 12.8. The van der Waals surface area contributed by atoms with Crippen molar-refractivity contribution in [3.05, 3.63) is 53.9 Å². The van der Waals surface area contributed by atoms with Gasteiger partial charge in [0.15, 0.2) is 18.0 Å². The summed E-state index contributed by atoms with van der Waals surface area (Å²) in [4.78, 5) is 18.7. The molecule has 4 rings (SSSR count). The third kappa shape index (κ3) is 2.29. The molecule has 0 aliphatic carbocycles. The van der Waals surface area contributed by atoms with Crippen LogP contribution in [0.2, 0.25) is 0 Å². The summed E-state index contributed by atoms with van der Waals surface area (Å²) in [7, 11) is 1.79. The number of likely N-dealkylation sites (N-methyl/N-ethyl adjacent to an activating group) is 1. The topological polar surface area (TPSA) is 77.0 Å². The van der Waals surface area contributed by atoms with Crippen LogP contribution < -0.4 is 0 Å². The van der Waals surface area contributed by atoms with E-state index in [0.29, 0.717) is 30.2 Å². The molecule has 0 N–H and O–H groups in total. The molecule has 0 radical (unpaired) electrons. The quantitative estimate of drug-likeness (QED) is 0.737. The van der Waals surface area contributed by atoms with Gasteiger partial charge in [-0.2, -0.15) is 0 Å². The number of carbonyl (C=O) groups is 1.